The molecular weight excluding hydrogens is 238 g/mol. The highest BCUT2D eigenvalue weighted by Gasteiger charge is 2.18. The van der Waals surface area contributed by atoms with Crippen LogP contribution in [-0.4, -0.2) is 18.6 Å². The number of hydrogen-bond donors (Lipinski definition) is 1. The molecule has 1 aromatic carbocycles. The molecule has 1 rings (SSSR count). The first-order chi connectivity index (χ1) is 8.10. The molecule has 0 heterocycles. The van der Waals surface area contributed by atoms with E-state index >= 15 is 0 Å². The van der Waals surface area contributed by atoms with Crippen LogP contribution in [-0.2, 0) is 9.53 Å². The van der Waals surface area contributed by atoms with Crippen molar-refractivity contribution in [1.29, 1.82) is 0 Å². The van der Waals surface area contributed by atoms with Crippen molar-refractivity contribution in [2.24, 2.45) is 0 Å². The van der Waals surface area contributed by atoms with Crippen molar-refractivity contribution in [2.75, 3.05) is 11.9 Å². The van der Waals surface area contributed by atoms with E-state index in [0.717, 1.165) is 11.3 Å². The number of carbonyl (C=O) groups is 1. The smallest absolute Gasteiger partial charge is 0.328 e. The highest BCUT2D eigenvalue weighted by atomic mass is 35.5. The summed E-state index contributed by atoms with van der Waals surface area (Å²) in [6.45, 7) is 6.07. The van der Waals surface area contributed by atoms with Gasteiger partial charge in [0.05, 0.1) is 17.3 Å². The molecule has 17 heavy (non-hydrogen) atoms. The summed E-state index contributed by atoms with van der Waals surface area (Å²) in [6.07, 6.45) is 0.656. The van der Waals surface area contributed by atoms with Crippen molar-refractivity contribution in [3.05, 3.63) is 28.8 Å². The fourth-order valence-electron chi connectivity index (χ4n) is 1.56. The van der Waals surface area contributed by atoms with E-state index < -0.39 is 0 Å². The van der Waals surface area contributed by atoms with Gasteiger partial charge in [-0.25, -0.2) is 4.79 Å². The topological polar surface area (TPSA) is 38.3 Å². The fourth-order valence-corrected chi connectivity index (χ4v) is 1.84. The first kappa shape index (κ1) is 13.8. The lowest BCUT2D eigenvalue weighted by Gasteiger charge is -2.19. The van der Waals surface area contributed by atoms with Gasteiger partial charge < -0.3 is 10.1 Å². The number of rotatable bonds is 5. The van der Waals surface area contributed by atoms with Crippen LogP contribution in [0.1, 0.15) is 25.8 Å². The van der Waals surface area contributed by atoms with Crippen molar-refractivity contribution in [3.63, 3.8) is 0 Å². The largest absolute Gasteiger partial charge is 0.464 e. The maximum atomic E-state index is 11.7. The molecule has 0 spiro atoms. The number of ether oxygens (including phenoxy) is 1. The second-order valence-corrected chi connectivity index (χ2v) is 4.20. The van der Waals surface area contributed by atoms with Crippen molar-refractivity contribution < 1.29 is 9.53 Å². The minimum Gasteiger partial charge on any atom is -0.464 e. The Morgan fingerprint density at radius 1 is 1.47 bits per heavy atom. The van der Waals surface area contributed by atoms with E-state index in [2.05, 4.69) is 5.32 Å². The minimum absolute atomic E-state index is 0.241. The van der Waals surface area contributed by atoms with Crippen molar-refractivity contribution >= 4 is 23.3 Å². The predicted octanol–water partition coefficient (Wildman–Crippen LogP) is 3.40. The summed E-state index contributed by atoms with van der Waals surface area (Å²) < 4.78 is 5.00. The van der Waals surface area contributed by atoms with Gasteiger partial charge in [-0.2, -0.15) is 0 Å². The van der Waals surface area contributed by atoms with Crippen LogP contribution in [0.15, 0.2) is 18.2 Å². The van der Waals surface area contributed by atoms with Gasteiger partial charge in [-0.1, -0.05) is 30.7 Å². The zero-order valence-electron chi connectivity index (χ0n) is 10.4. The third kappa shape index (κ3) is 3.63. The Bertz CT molecular complexity index is 373. The van der Waals surface area contributed by atoms with Crippen LogP contribution in [0.5, 0.6) is 0 Å². The van der Waals surface area contributed by atoms with E-state index in [0.29, 0.717) is 18.1 Å². The average molecular weight is 256 g/mol. The Balaban J connectivity index is 2.84. The van der Waals surface area contributed by atoms with Gasteiger partial charge in [0.25, 0.3) is 0 Å². The molecule has 0 saturated heterocycles. The zero-order valence-corrected chi connectivity index (χ0v) is 11.2. The third-order valence-corrected chi connectivity index (χ3v) is 2.83. The van der Waals surface area contributed by atoms with Gasteiger partial charge in [0, 0.05) is 0 Å². The van der Waals surface area contributed by atoms with E-state index in [1.807, 2.05) is 26.0 Å². The number of esters is 1. The molecular formula is C13H18ClNO2. The second kappa shape index (κ2) is 6.50. The number of aryl methyl sites for hydroxylation is 1. The standard InChI is InChI=1S/C13H18ClNO2/c1-4-11(13(16)17-5-2)15-12-9(3)7-6-8-10(12)14/h6-8,11,15H,4-5H2,1-3H3. The summed E-state index contributed by atoms with van der Waals surface area (Å²) in [7, 11) is 0. The molecule has 1 aromatic rings. The van der Waals surface area contributed by atoms with Gasteiger partial charge in [-0.15, -0.1) is 0 Å². The first-order valence-corrected chi connectivity index (χ1v) is 6.16. The molecule has 0 bridgehead atoms. The zero-order chi connectivity index (χ0) is 12.8. The third-order valence-electron chi connectivity index (χ3n) is 2.52. The molecule has 1 unspecified atom stereocenters. The summed E-state index contributed by atoms with van der Waals surface area (Å²) >= 11 is 6.10. The molecule has 3 nitrogen and oxygen atoms in total. The SMILES string of the molecule is CCOC(=O)C(CC)Nc1c(C)cccc1Cl. The van der Waals surface area contributed by atoms with Crippen molar-refractivity contribution in [1.82, 2.24) is 0 Å². The Labute approximate surface area is 107 Å². The van der Waals surface area contributed by atoms with Gasteiger partial charge in [0.2, 0.25) is 0 Å². The highest BCUT2D eigenvalue weighted by molar-refractivity contribution is 6.33. The first-order valence-electron chi connectivity index (χ1n) is 5.78. The van der Waals surface area contributed by atoms with Crippen molar-refractivity contribution in [3.8, 4) is 0 Å². The molecule has 1 atom stereocenters. The molecule has 0 saturated carbocycles. The van der Waals surface area contributed by atoms with Crippen LogP contribution in [0, 0.1) is 6.92 Å². The Hall–Kier alpha value is -1.22. The van der Waals surface area contributed by atoms with E-state index in [9.17, 15) is 4.79 Å². The number of hydrogen-bond acceptors (Lipinski definition) is 3. The monoisotopic (exact) mass is 255 g/mol. The lowest BCUT2D eigenvalue weighted by Crippen LogP contribution is -2.31. The van der Waals surface area contributed by atoms with Crippen LogP contribution in [0.2, 0.25) is 5.02 Å². The van der Waals surface area contributed by atoms with Gasteiger partial charge in [-0.3, -0.25) is 0 Å². The summed E-state index contributed by atoms with van der Waals surface area (Å²) in [6, 6.07) is 5.28. The maximum Gasteiger partial charge on any atom is 0.328 e. The molecule has 94 valence electrons. The molecule has 0 fully saturated rings. The number of carbonyl (C=O) groups excluding carboxylic acids is 1. The molecule has 0 aliphatic carbocycles. The van der Waals surface area contributed by atoms with Crippen LogP contribution in [0.3, 0.4) is 0 Å². The van der Waals surface area contributed by atoms with E-state index in [4.69, 9.17) is 16.3 Å². The molecule has 0 radical (unpaired) electrons. The summed E-state index contributed by atoms with van der Waals surface area (Å²) in [4.78, 5) is 11.7. The molecule has 0 aliphatic heterocycles. The second-order valence-electron chi connectivity index (χ2n) is 3.79. The lowest BCUT2D eigenvalue weighted by atomic mass is 10.1. The maximum absolute atomic E-state index is 11.7. The molecule has 0 aromatic heterocycles. The summed E-state index contributed by atoms with van der Waals surface area (Å²) in [5.41, 5.74) is 1.81. The number of anilines is 1. The average Bonchev–Trinajstić information content (AvgIpc) is 2.29. The van der Waals surface area contributed by atoms with Crippen LogP contribution in [0.4, 0.5) is 5.69 Å². The van der Waals surface area contributed by atoms with Gasteiger partial charge in [0.1, 0.15) is 6.04 Å². The summed E-state index contributed by atoms with van der Waals surface area (Å²) in [5.74, 6) is -0.241. The number of nitrogens with one attached hydrogen (secondary N) is 1. The number of halogens is 1. The van der Waals surface area contributed by atoms with Crippen LogP contribution in [0.25, 0.3) is 0 Å². The molecule has 1 N–H and O–H groups in total. The van der Waals surface area contributed by atoms with Crippen LogP contribution >= 0.6 is 11.6 Å². The normalized spacial score (nSPS) is 12.0. The Morgan fingerprint density at radius 2 is 2.18 bits per heavy atom. The molecule has 0 amide bonds. The van der Waals surface area contributed by atoms with Gasteiger partial charge in [0.15, 0.2) is 0 Å². The van der Waals surface area contributed by atoms with Crippen molar-refractivity contribution in [2.45, 2.75) is 33.2 Å². The van der Waals surface area contributed by atoms with E-state index in [1.54, 1.807) is 13.0 Å². The van der Waals surface area contributed by atoms with Gasteiger partial charge >= 0.3 is 5.97 Å². The fraction of sp³-hybridized carbons (Fsp3) is 0.462. The number of benzene rings is 1. The highest BCUT2D eigenvalue weighted by Crippen LogP contribution is 2.26. The van der Waals surface area contributed by atoms with Gasteiger partial charge in [-0.05, 0) is 31.9 Å². The number of para-hydroxylation sites is 1. The Kier molecular flexibility index (Phi) is 5.29. The minimum atomic E-state index is -0.353. The van der Waals surface area contributed by atoms with E-state index in [1.165, 1.54) is 0 Å². The molecule has 0 aliphatic rings. The Morgan fingerprint density at radius 3 is 2.71 bits per heavy atom. The van der Waals surface area contributed by atoms with Crippen LogP contribution < -0.4 is 5.32 Å². The quantitative estimate of drug-likeness (QED) is 0.820. The lowest BCUT2D eigenvalue weighted by molar-refractivity contribution is -0.144. The van der Waals surface area contributed by atoms with E-state index in [-0.39, 0.29) is 12.0 Å². The predicted molar refractivity (Wildman–Crippen MR) is 70.5 cm³/mol. The summed E-state index contributed by atoms with van der Waals surface area (Å²) in [5, 5.41) is 3.76. The molecule has 4 heteroatoms.